The zero-order chi connectivity index (χ0) is 17.4. The van der Waals surface area contributed by atoms with Crippen molar-refractivity contribution in [2.45, 2.75) is 6.92 Å². The standard InChI is InChI=1S/C21H16N2OS/c1-14-6-2-5-9-19(14)23-20(24)18(22-21(23)25)13-15-10-11-16-7-3-4-8-17(16)12-15/h2-13H,1H3,(H,22,25)/b18-13+. The average molecular weight is 344 g/mol. The molecule has 122 valence electrons. The smallest absolute Gasteiger partial charge is 0.281 e. The first-order valence-electron chi connectivity index (χ1n) is 8.05. The lowest BCUT2D eigenvalue weighted by molar-refractivity contribution is -0.113. The molecule has 0 atom stereocenters. The van der Waals surface area contributed by atoms with Gasteiger partial charge in [-0.1, -0.05) is 54.6 Å². The number of para-hydroxylation sites is 1. The van der Waals surface area contributed by atoms with E-state index < -0.39 is 0 Å². The fourth-order valence-corrected chi connectivity index (χ4v) is 3.32. The third-order valence-corrected chi connectivity index (χ3v) is 4.60. The first kappa shape index (κ1) is 15.5. The highest BCUT2D eigenvalue weighted by Crippen LogP contribution is 2.26. The summed E-state index contributed by atoms with van der Waals surface area (Å²) in [6.07, 6.45) is 1.85. The molecule has 1 heterocycles. The van der Waals surface area contributed by atoms with Gasteiger partial charge in [-0.2, -0.15) is 0 Å². The van der Waals surface area contributed by atoms with E-state index in [2.05, 4.69) is 29.6 Å². The molecule has 1 aliphatic rings. The van der Waals surface area contributed by atoms with E-state index in [1.807, 2.05) is 55.5 Å². The molecule has 3 aromatic rings. The Morgan fingerprint density at radius 3 is 2.48 bits per heavy atom. The first-order valence-corrected chi connectivity index (χ1v) is 8.46. The van der Waals surface area contributed by atoms with Crippen LogP contribution in [0.2, 0.25) is 0 Å². The van der Waals surface area contributed by atoms with Crippen molar-refractivity contribution in [3.63, 3.8) is 0 Å². The Bertz CT molecular complexity index is 1040. The fourth-order valence-electron chi connectivity index (χ4n) is 3.03. The molecule has 1 amide bonds. The van der Waals surface area contributed by atoms with E-state index in [0.29, 0.717) is 10.8 Å². The maximum Gasteiger partial charge on any atom is 0.281 e. The molecule has 0 radical (unpaired) electrons. The third-order valence-electron chi connectivity index (χ3n) is 4.32. The van der Waals surface area contributed by atoms with Gasteiger partial charge in [-0.3, -0.25) is 9.69 Å². The Hall–Kier alpha value is -2.98. The average Bonchev–Trinajstić information content (AvgIpc) is 2.89. The van der Waals surface area contributed by atoms with Crippen LogP contribution in [0.1, 0.15) is 11.1 Å². The van der Waals surface area contributed by atoms with Gasteiger partial charge in [0.1, 0.15) is 5.70 Å². The molecule has 0 aliphatic carbocycles. The molecule has 0 spiro atoms. The summed E-state index contributed by atoms with van der Waals surface area (Å²) in [7, 11) is 0. The maximum atomic E-state index is 12.8. The van der Waals surface area contributed by atoms with Gasteiger partial charge in [-0.15, -0.1) is 0 Å². The lowest BCUT2D eigenvalue weighted by Crippen LogP contribution is -2.30. The summed E-state index contributed by atoms with van der Waals surface area (Å²) >= 11 is 5.38. The molecular weight excluding hydrogens is 328 g/mol. The van der Waals surface area contributed by atoms with E-state index in [-0.39, 0.29) is 5.91 Å². The van der Waals surface area contributed by atoms with Gasteiger partial charge >= 0.3 is 0 Å². The van der Waals surface area contributed by atoms with Crippen LogP contribution < -0.4 is 10.2 Å². The highest BCUT2D eigenvalue weighted by Gasteiger charge is 2.32. The minimum Gasteiger partial charge on any atom is -0.327 e. The Labute approximate surface area is 151 Å². The van der Waals surface area contributed by atoms with Crippen LogP contribution in [-0.4, -0.2) is 11.0 Å². The van der Waals surface area contributed by atoms with Crippen molar-refractivity contribution in [1.82, 2.24) is 5.32 Å². The first-order chi connectivity index (χ1) is 12.1. The molecule has 0 bridgehead atoms. The van der Waals surface area contributed by atoms with E-state index in [1.54, 1.807) is 4.90 Å². The van der Waals surface area contributed by atoms with Gasteiger partial charge in [0.2, 0.25) is 0 Å². The summed E-state index contributed by atoms with van der Waals surface area (Å²) in [4.78, 5) is 14.4. The number of hydrogen-bond acceptors (Lipinski definition) is 2. The number of hydrogen-bond donors (Lipinski definition) is 1. The largest absolute Gasteiger partial charge is 0.327 e. The van der Waals surface area contributed by atoms with Gasteiger partial charge < -0.3 is 5.32 Å². The predicted octanol–water partition coefficient (Wildman–Crippen LogP) is 4.41. The van der Waals surface area contributed by atoms with Gasteiger partial charge in [-0.05, 0) is 59.2 Å². The van der Waals surface area contributed by atoms with Gasteiger partial charge in [0.05, 0.1) is 5.69 Å². The van der Waals surface area contributed by atoms with E-state index in [4.69, 9.17) is 12.2 Å². The Kier molecular flexibility index (Phi) is 3.82. The number of anilines is 1. The van der Waals surface area contributed by atoms with Gasteiger partial charge in [0.15, 0.2) is 5.11 Å². The van der Waals surface area contributed by atoms with Crippen LogP contribution in [0.3, 0.4) is 0 Å². The number of nitrogens with zero attached hydrogens (tertiary/aromatic N) is 1. The molecule has 0 aromatic heterocycles. The maximum absolute atomic E-state index is 12.8. The molecule has 0 unspecified atom stereocenters. The molecule has 3 nitrogen and oxygen atoms in total. The molecule has 1 N–H and O–H groups in total. The topological polar surface area (TPSA) is 32.3 Å². The third kappa shape index (κ3) is 2.81. The zero-order valence-electron chi connectivity index (χ0n) is 13.7. The predicted molar refractivity (Wildman–Crippen MR) is 106 cm³/mol. The molecule has 1 fully saturated rings. The minimum absolute atomic E-state index is 0.132. The lowest BCUT2D eigenvalue weighted by Gasteiger charge is -2.16. The Balaban J connectivity index is 1.71. The monoisotopic (exact) mass is 344 g/mol. The van der Waals surface area contributed by atoms with Crippen molar-refractivity contribution in [2.75, 3.05) is 4.90 Å². The number of rotatable bonds is 2. The number of thiocarbonyl (C=S) groups is 1. The van der Waals surface area contributed by atoms with Crippen LogP contribution in [0.15, 0.2) is 72.4 Å². The van der Waals surface area contributed by atoms with Crippen molar-refractivity contribution in [3.05, 3.63) is 83.6 Å². The second-order valence-electron chi connectivity index (χ2n) is 6.02. The molecule has 1 saturated heterocycles. The lowest BCUT2D eigenvalue weighted by atomic mass is 10.1. The number of carbonyl (C=O) groups excluding carboxylic acids is 1. The second-order valence-corrected chi connectivity index (χ2v) is 6.41. The van der Waals surface area contributed by atoms with Crippen molar-refractivity contribution in [3.8, 4) is 0 Å². The Morgan fingerprint density at radius 2 is 1.68 bits per heavy atom. The van der Waals surface area contributed by atoms with E-state index >= 15 is 0 Å². The van der Waals surface area contributed by atoms with Gasteiger partial charge in [0, 0.05) is 0 Å². The molecule has 4 heteroatoms. The molecule has 4 rings (SSSR count). The number of carbonyl (C=O) groups is 1. The molecular formula is C21H16N2OS. The van der Waals surface area contributed by atoms with Gasteiger partial charge in [0.25, 0.3) is 5.91 Å². The van der Waals surface area contributed by atoms with Crippen molar-refractivity contribution in [1.29, 1.82) is 0 Å². The van der Waals surface area contributed by atoms with Gasteiger partial charge in [-0.25, -0.2) is 0 Å². The molecule has 25 heavy (non-hydrogen) atoms. The summed E-state index contributed by atoms with van der Waals surface area (Å²) < 4.78 is 0. The fraction of sp³-hybridized carbons (Fsp3) is 0.0476. The second kappa shape index (κ2) is 6.15. The number of amides is 1. The SMILES string of the molecule is Cc1ccccc1N1C(=O)/C(=C\c2ccc3ccccc3c2)NC1=S. The number of aryl methyl sites for hydroxylation is 1. The van der Waals surface area contributed by atoms with Crippen LogP contribution in [0.25, 0.3) is 16.8 Å². The van der Waals surface area contributed by atoms with Crippen LogP contribution in [-0.2, 0) is 4.79 Å². The van der Waals surface area contributed by atoms with E-state index in [9.17, 15) is 4.79 Å². The summed E-state index contributed by atoms with van der Waals surface area (Å²) in [5, 5.41) is 5.77. The summed E-state index contributed by atoms with van der Waals surface area (Å²) in [6.45, 7) is 1.97. The summed E-state index contributed by atoms with van der Waals surface area (Å²) in [5.41, 5.74) is 3.27. The van der Waals surface area contributed by atoms with Crippen LogP contribution >= 0.6 is 12.2 Å². The van der Waals surface area contributed by atoms with Crippen molar-refractivity contribution >= 4 is 45.8 Å². The van der Waals surface area contributed by atoms with Crippen LogP contribution in [0.4, 0.5) is 5.69 Å². The number of nitrogens with one attached hydrogen (secondary N) is 1. The number of benzene rings is 3. The van der Waals surface area contributed by atoms with Crippen molar-refractivity contribution < 1.29 is 4.79 Å². The van der Waals surface area contributed by atoms with Crippen molar-refractivity contribution in [2.24, 2.45) is 0 Å². The highest BCUT2D eigenvalue weighted by atomic mass is 32.1. The quantitative estimate of drug-likeness (QED) is 0.552. The van der Waals surface area contributed by atoms with E-state index in [1.165, 1.54) is 5.39 Å². The highest BCUT2D eigenvalue weighted by molar-refractivity contribution is 7.80. The normalized spacial score (nSPS) is 15.9. The number of fused-ring (bicyclic) bond motifs is 1. The van der Waals surface area contributed by atoms with Crippen LogP contribution in [0.5, 0.6) is 0 Å². The zero-order valence-corrected chi connectivity index (χ0v) is 14.5. The summed E-state index contributed by atoms with van der Waals surface area (Å²) in [5.74, 6) is -0.132. The molecule has 0 saturated carbocycles. The van der Waals surface area contributed by atoms with Crippen LogP contribution in [0, 0.1) is 6.92 Å². The van der Waals surface area contributed by atoms with E-state index in [0.717, 1.165) is 22.2 Å². The molecule has 1 aliphatic heterocycles. The Morgan fingerprint density at radius 1 is 0.960 bits per heavy atom. The minimum atomic E-state index is -0.132. The summed E-state index contributed by atoms with van der Waals surface area (Å²) in [6, 6.07) is 22.0. The molecule has 3 aromatic carbocycles.